The average molecular weight is 186 g/mol. The Kier molecular flexibility index (Phi) is 4.70. The summed E-state index contributed by atoms with van der Waals surface area (Å²) in [5.74, 6) is 0.549. The number of likely N-dealkylation sites (tertiary alicyclic amines) is 1. The van der Waals surface area contributed by atoms with Crippen molar-refractivity contribution in [1.82, 2.24) is 4.90 Å². The van der Waals surface area contributed by atoms with Crippen LogP contribution in [0.4, 0.5) is 0 Å². The van der Waals surface area contributed by atoms with Crippen molar-refractivity contribution in [2.45, 2.75) is 25.8 Å². The molecule has 0 aromatic rings. The molecule has 1 rings (SSSR count). The van der Waals surface area contributed by atoms with E-state index < -0.39 is 0 Å². The average Bonchev–Trinajstić information content (AvgIpc) is 2.59. The molecule has 0 amide bonds. The third-order valence-electron chi connectivity index (χ3n) is 2.94. The first-order chi connectivity index (χ1) is 6.29. The Balaban J connectivity index is 2.39. The molecule has 78 valence electrons. The highest BCUT2D eigenvalue weighted by Crippen LogP contribution is 2.17. The highest BCUT2D eigenvalue weighted by atomic mass is 16.5. The standard InChI is InChI=1S/C10H22N2O/c1-9(8-13-2)10(7-11)12-5-3-4-6-12/h9-10H,3-8,11H2,1-2H3. The second kappa shape index (κ2) is 5.58. The predicted molar refractivity (Wildman–Crippen MR) is 54.7 cm³/mol. The summed E-state index contributed by atoms with van der Waals surface area (Å²) in [4.78, 5) is 2.50. The van der Waals surface area contributed by atoms with Crippen LogP contribution in [0.1, 0.15) is 19.8 Å². The Morgan fingerprint density at radius 3 is 2.46 bits per heavy atom. The first kappa shape index (κ1) is 11.0. The van der Waals surface area contributed by atoms with Crippen molar-refractivity contribution in [3.63, 3.8) is 0 Å². The molecular formula is C10H22N2O. The first-order valence-corrected chi connectivity index (χ1v) is 5.22. The molecule has 1 aliphatic rings. The van der Waals surface area contributed by atoms with Gasteiger partial charge in [0.05, 0.1) is 6.61 Å². The number of hydrogen-bond acceptors (Lipinski definition) is 3. The van der Waals surface area contributed by atoms with Crippen LogP contribution < -0.4 is 5.73 Å². The minimum absolute atomic E-state index is 0.516. The molecule has 0 aromatic carbocycles. The number of nitrogens with zero attached hydrogens (tertiary/aromatic N) is 1. The van der Waals surface area contributed by atoms with E-state index in [-0.39, 0.29) is 0 Å². The molecule has 0 radical (unpaired) electrons. The van der Waals surface area contributed by atoms with E-state index in [1.807, 2.05) is 0 Å². The van der Waals surface area contributed by atoms with Crippen LogP contribution in [0.3, 0.4) is 0 Å². The van der Waals surface area contributed by atoms with E-state index in [0.29, 0.717) is 12.0 Å². The Labute approximate surface area is 81.2 Å². The zero-order valence-electron chi connectivity index (χ0n) is 8.83. The Morgan fingerprint density at radius 1 is 1.38 bits per heavy atom. The summed E-state index contributed by atoms with van der Waals surface area (Å²) in [7, 11) is 1.76. The molecule has 1 heterocycles. The molecule has 0 bridgehead atoms. The molecule has 0 saturated carbocycles. The van der Waals surface area contributed by atoms with Crippen LogP contribution in [-0.4, -0.2) is 44.3 Å². The third-order valence-corrected chi connectivity index (χ3v) is 2.94. The summed E-state index contributed by atoms with van der Waals surface area (Å²) in [6.07, 6.45) is 2.66. The summed E-state index contributed by atoms with van der Waals surface area (Å²) in [5, 5.41) is 0. The fourth-order valence-corrected chi connectivity index (χ4v) is 2.19. The maximum absolute atomic E-state index is 5.79. The zero-order valence-corrected chi connectivity index (χ0v) is 8.83. The van der Waals surface area contributed by atoms with Crippen molar-refractivity contribution in [3.05, 3.63) is 0 Å². The monoisotopic (exact) mass is 186 g/mol. The molecule has 2 unspecified atom stereocenters. The molecule has 0 aromatic heterocycles. The second-order valence-corrected chi connectivity index (χ2v) is 3.98. The number of rotatable bonds is 5. The number of ether oxygens (including phenoxy) is 1. The predicted octanol–water partition coefficient (Wildman–Crippen LogP) is 0.692. The zero-order chi connectivity index (χ0) is 9.68. The lowest BCUT2D eigenvalue weighted by molar-refractivity contribution is 0.0977. The number of methoxy groups -OCH3 is 1. The van der Waals surface area contributed by atoms with Gasteiger partial charge in [-0.1, -0.05) is 6.92 Å². The van der Waals surface area contributed by atoms with Crippen molar-refractivity contribution in [3.8, 4) is 0 Å². The summed E-state index contributed by atoms with van der Waals surface area (Å²) in [6, 6.07) is 0.516. The van der Waals surface area contributed by atoms with Crippen molar-refractivity contribution in [2.24, 2.45) is 11.7 Å². The molecule has 3 nitrogen and oxygen atoms in total. The van der Waals surface area contributed by atoms with Crippen LogP contribution in [0, 0.1) is 5.92 Å². The smallest absolute Gasteiger partial charge is 0.0503 e. The van der Waals surface area contributed by atoms with Gasteiger partial charge < -0.3 is 10.5 Å². The van der Waals surface area contributed by atoms with Gasteiger partial charge in [0.15, 0.2) is 0 Å². The Bertz CT molecular complexity index is 135. The maximum atomic E-state index is 5.79. The topological polar surface area (TPSA) is 38.5 Å². The van der Waals surface area contributed by atoms with Gasteiger partial charge in [0, 0.05) is 19.7 Å². The van der Waals surface area contributed by atoms with Crippen LogP contribution in [-0.2, 0) is 4.74 Å². The fraction of sp³-hybridized carbons (Fsp3) is 1.00. The SMILES string of the molecule is COCC(C)C(CN)N1CCCC1. The molecule has 3 heteroatoms. The highest BCUT2D eigenvalue weighted by Gasteiger charge is 2.25. The van der Waals surface area contributed by atoms with Crippen LogP contribution in [0.2, 0.25) is 0 Å². The summed E-state index contributed by atoms with van der Waals surface area (Å²) >= 11 is 0. The molecule has 1 fully saturated rings. The van der Waals surface area contributed by atoms with E-state index >= 15 is 0 Å². The van der Waals surface area contributed by atoms with Gasteiger partial charge in [0.1, 0.15) is 0 Å². The summed E-state index contributed by atoms with van der Waals surface area (Å²) in [6.45, 7) is 6.23. The van der Waals surface area contributed by atoms with E-state index in [1.165, 1.54) is 25.9 Å². The van der Waals surface area contributed by atoms with Crippen molar-refractivity contribution < 1.29 is 4.74 Å². The normalized spacial score (nSPS) is 23.3. The maximum Gasteiger partial charge on any atom is 0.0503 e. The van der Waals surface area contributed by atoms with Gasteiger partial charge in [-0.25, -0.2) is 0 Å². The van der Waals surface area contributed by atoms with Gasteiger partial charge in [0.25, 0.3) is 0 Å². The van der Waals surface area contributed by atoms with Gasteiger partial charge >= 0.3 is 0 Å². The minimum atomic E-state index is 0.516. The van der Waals surface area contributed by atoms with Gasteiger partial charge in [-0.2, -0.15) is 0 Å². The largest absolute Gasteiger partial charge is 0.384 e. The molecule has 1 aliphatic heterocycles. The molecule has 0 spiro atoms. The summed E-state index contributed by atoms with van der Waals surface area (Å²) < 4.78 is 5.16. The van der Waals surface area contributed by atoms with Gasteiger partial charge in [-0.05, 0) is 31.8 Å². The van der Waals surface area contributed by atoms with Crippen LogP contribution in [0.15, 0.2) is 0 Å². The van der Waals surface area contributed by atoms with Crippen LogP contribution in [0.5, 0.6) is 0 Å². The van der Waals surface area contributed by atoms with Gasteiger partial charge in [-0.15, -0.1) is 0 Å². The molecule has 2 atom stereocenters. The number of hydrogen-bond donors (Lipinski definition) is 1. The van der Waals surface area contributed by atoms with Crippen LogP contribution in [0.25, 0.3) is 0 Å². The lowest BCUT2D eigenvalue weighted by Crippen LogP contribution is -2.44. The summed E-state index contributed by atoms with van der Waals surface area (Å²) in [5.41, 5.74) is 5.79. The molecular weight excluding hydrogens is 164 g/mol. The fourth-order valence-electron chi connectivity index (χ4n) is 2.19. The molecule has 13 heavy (non-hydrogen) atoms. The number of nitrogens with two attached hydrogens (primary N) is 1. The van der Waals surface area contributed by atoms with E-state index in [0.717, 1.165) is 13.2 Å². The first-order valence-electron chi connectivity index (χ1n) is 5.22. The van der Waals surface area contributed by atoms with E-state index in [9.17, 15) is 0 Å². The van der Waals surface area contributed by atoms with E-state index in [2.05, 4.69) is 11.8 Å². The van der Waals surface area contributed by atoms with E-state index in [1.54, 1.807) is 7.11 Å². The van der Waals surface area contributed by atoms with Crippen molar-refractivity contribution in [2.75, 3.05) is 33.4 Å². The molecule has 2 N–H and O–H groups in total. The van der Waals surface area contributed by atoms with Crippen molar-refractivity contribution >= 4 is 0 Å². The van der Waals surface area contributed by atoms with Crippen molar-refractivity contribution in [1.29, 1.82) is 0 Å². The third kappa shape index (κ3) is 2.93. The minimum Gasteiger partial charge on any atom is -0.384 e. The molecule has 0 aliphatic carbocycles. The lowest BCUT2D eigenvalue weighted by Gasteiger charge is -2.31. The van der Waals surface area contributed by atoms with Gasteiger partial charge in [0.2, 0.25) is 0 Å². The second-order valence-electron chi connectivity index (χ2n) is 3.98. The molecule has 1 saturated heterocycles. The Hall–Kier alpha value is -0.120. The quantitative estimate of drug-likeness (QED) is 0.686. The van der Waals surface area contributed by atoms with Crippen LogP contribution >= 0.6 is 0 Å². The van der Waals surface area contributed by atoms with E-state index in [4.69, 9.17) is 10.5 Å². The highest BCUT2D eigenvalue weighted by molar-refractivity contribution is 4.80. The Morgan fingerprint density at radius 2 is 2.00 bits per heavy atom. The van der Waals surface area contributed by atoms with Gasteiger partial charge in [-0.3, -0.25) is 4.90 Å². The lowest BCUT2D eigenvalue weighted by atomic mass is 10.0.